The maximum absolute atomic E-state index is 8.36. The first-order valence-electron chi connectivity index (χ1n) is 0.872. The van der Waals surface area contributed by atoms with Gasteiger partial charge in [-0.2, -0.15) is 0 Å². The molecule has 0 bridgehead atoms. The van der Waals surface area contributed by atoms with Gasteiger partial charge in [0.1, 0.15) is 0 Å². The van der Waals surface area contributed by atoms with Crippen LogP contribution in [0.4, 0.5) is 0 Å². The van der Waals surface area contributed by atoms with Crippen molar-refractivity contribution >= 4 is 22.4 Å². The molecule has 0 heterocycles. The topological polar surface area (TPSA) is 37.3 Å². The number of halogens is 1. The lowest BCUT2D eigenvalue weighted by atomic mass is 11.7. The summed E-state index contributed by atoms with van der Waals surface area (Å²) in [5, 5.41) is 6.89. The summed E-state index contributed by atoms with van der Waals surface area (Å²) >= 11 is 2.94. The lowest BCUT2D eigenvalue weighted by molar-refractivity contribution is -0.122. The van der Waals surface area contributed by atoms with Gasteiger partial charge in [0.25, 0.3) is 6.47 Å². The highest BCUT2D eigenvalue weighted by molar-refractivity contribution is 9.08. The minimum atomic E-state index is -0.250. The van der Waals surface area contributed by atoms with Crippen molar-refractivity contribution in [1.29, 1.82) is 0 Å². The summed E-state index contributed by atoms with van der Waals surface area (Å²) in [6, 6.07) is 0. The van der Waals surface area contributed by atoms with Gasteiger partial charge in [0.2, 0.25) is 0 Å². The average molecular weight is 141 g/mol. The monoisotopic (exact) mass is 140 g/mol. The fourth-order valence-electron chi connectivity index (χ4n) is 0. The van der Waals surface area contributed by atoms with Crippen LogP contribution in [-0.2, 0) is 4.79 Å². The Morgan fingerprint density at radius 3 is 1.80 bits per heavy atom. The van der Waals surface area contributed by atoms with Crippen molar-refractivity contribution < 1.29 is 9.90 Å². The Morgan fingerprint density at radius 2 is 1.80 bits per heavy atom. The molecule has 0 atom stereocenters. The molecular formula is C2H5BrO2. The number of hydrogen-bond donors (Lipinski definition) is 1. The Hall–Kier alpha value is -0.0500. The standard InChI is InChI=1S/CH3Br.CH2O2/c1-2;2-1-3/h1H3;1H,(H,2,3). The summed E-state index contributed by atoms with van der Waals surface area (Å²) in [7, 11) is 0. The second-order valence-corrected chi connectivity index (χ2v) is 0.105. The SMILES string of the molecule is CBr.O=CO. The van der Waals surface area contributed by atoms with Crippen molar-refractivity contribution in [2.75, 3.05) is 5.83 Å². The van der Waals surface area contributed by atoms with Crippen LogP contribution in [0, 0.1) is 0 Å². The van der Waals surface area contributed by atoms with Gasteiger partial charge in [-0.05, 0) is 5.83 Å². The molecule has 2 nitrogen and oxygen atoms in total. The third kappa shape index (κ3) is 6010. The number of hydrogen-bond acceptors (Lipinski definition) is 1. The molecule has 1 N–H and O–H groups in total. The predicted molar refractivity (Wildman–Crippen MR) is 23.5 cm³/mol. The van der Waals surface area contributed by atoms with Crippen LogP contribution in [0.2, 0.25) is 0 Å². The molecule has 32 valence electrons. The molecule has 3 heteroatoms. The molecule has 0 spiro atoms. The summed E-state index contributed by atoms with van der Waals surface area (Å²) in [6.45, 7) is -0.250. The smallest absolute Gasteiger partial charge is 0.290 e. The number of rotatable bonds is 0. The van der Waals surface area contributed by atoms with Crippen LogP contribution in [0.25, 0.3) is 0 Å². The molecule has 0 aliphatic rings. The van der Waals surface area contributed by atoms with E-state index in [4.69, 9.17) is 9.90 Å². The first kappa shape index (κ1) is 8.87. The minimum Gasteiger partial charge on any atom is -0.483 e. The van der Waals surface area contributed by atoms with Gasteiger partial charge in [-0.15, -0.1) is 0 Å². The molecule has 0 aromatic carbocycles. The average Bonchev–Trinajstić information content (AvgIpc) is 1.46. The van der Waals surface area contributed by atoms with Crippen LogP contribution in [0.15, 0.2) is 0 Å². The molecule has 0 unspecified atom stereocenters. The number of alkyl halides is 1. The molecule has 0 rings (SSSR count). The Balaban J connectivity index is 0. The van der Waals surface area contributed by atoms with Gasteiger partial charge < -0.3 is 5.11 Å². The third-order valence-corrected chi connectivity index (χ3v) is 0. The summed E-state index contributed by atoms with van der Waals surface area (Å²) in [5.41, 5.74) is 0. The Labute approximate surface area is 38.9 Å². The van der Waals surface area contributed by atoms with E-state index in [9.17, 15) is 0 Å². The highest BCUT2D eigenvalue weighted by atomic mass is 79.9. The van der Waals surface area contributed by atoms with Crippen LogP contribution >= 0.6 is 15.9 Å². The van der Waals surface area contributed by atoms with E-state index in [-0.39, 0.29) is 6.47 Å². The van der Waals surface area contributed by atoms with Crippen molar-refractivity contribution in [3.63, 3.8) is 0 Å². The second-order valence-electron chi connectivity index (χ2n) is 0.105. The normalized spacial score (nSPS) is 3.60. The Kier molecular flexibility index (Phi) is 67.6. The molecule has 5 heavy (non-hydrogen) atoms. The summed E-state index contributed by atoms with van der Waals surface area (Å²) in [6.07, 6.45) is 0. The zero-order valence-corrected chi connectivity index (χ0v) is 4.40. The number of carbonyl (C=O) groups is 1. The van der Waals surface area contributed by atoms with Crippen LogP contribution in [0.5, 0.6) is 0 Å². The second kappa shape index (κ2) is 38.1. The zero-order valence-electron chi connectivity index (χ0n) is 2.81. The molecule has 0 fully saturated rings. The van der Waals surface area contributed by atoms with Crippen molar-refractivity contribution in [3.05, 3.63) is 0 Å². The van der Waals surface area contributed by atoms with E-state index in [1.54, 1.807) is 0 Å². The zero-order chi connectivity index (χ0) is 4.71. The Bertz CT molecular complexity index is 15.1. The molecular weight excluding hydrogens is 136 g/mol. The molecule has 0 radical (unpaired) electrons. The van der Waals surface area contributed by atoms with E-state index in [1.165, 1.54) is 0 Å². The van der Waals surface area contributed by atoms with E-state index in [0.717, 1.165) is 0 Å². The Morgan fingerprint density at radius 1 is 1.80 bits per heavy atom. The van der Waals surface area contributed by atoms with Crippen LogP contribution in [0.3, 0.4) is 0 Å². The van der Waals surface area contributed by atoms with Crippen LogP contribution in [-0.4, -0.2) is 17.4 Å². The number of carboxylic acid groups (broad SMARTS) is 1. The van der Waals surface area contributed by atoms with Crippen molar-refractivity contribution in [2.45, 2.75) is 0 Å². The maximum atomic E-state index is 8.36. The first-order valence-corrected chi connectivity index (χ1v) is 2.46. The molecule has 0 aromatic heterocycles. The lowest BCUT2D eigenvalue weighted by Gasteiger charge is -1.34. The van der Waals surface area contributed by atoms with E-state index < -0.39 is 0 Å². The van der Waals surface area contributed by atoms with Crippen LogP contribution in [0.1, 0.15) is 0 Å². The van der Waals surface area contributed by atoms with Crippen LogP contribution < -0.4 is 0 Å². The van der Waals surface area contributed by atoms with Gasteiger partial charge in [-0.25, -0.2) is 0 Å². The largest absolute Gasteiger partial charge is 0.483 e. The summed E-state index contributed by atoms with van der Waals surface area (Å²) < 4.78 is 0. The molecule has 0 aliphatic heterocycles. The summed E-state index contributed by atoms with van der Waals surface area (Å²) in [5.74, 6) is 1.81. The van der Waals surface area contributed by atoms with E-state index in [1.807, 2.05) is 5.83 Å². The fraction of sp³-hybridized carbons (Fsp3) is 0.500. The molecule has 0 aliphatic carbocycles. The highest BCUT2D eigenvalue weighted by Crippen LogP contribution is 1.45. The minimum absolute atomic E-state index is 0.250. The molecule has 0 saturated heterocycles. The molecule has 0 saturated carbocycles. The van der Waals surface area contributed by atoms with E-state index in [2.05, 4.69) is 15.9 Å². The van der Waals surface area contributed by atoms with Gasteiger partial charge >= 0.3 is 0 Å². The highest BCUT2D eigenvalue weighted by Gasteiger charge is 1.22. The van der Waals surface area contributed by atoms with Gasteiger partial charge in [0.15, 0.2) is 0 Å². The maximum Gasteiger partial charge on any atom is 0.290 e. The lowest BCUT2D eigenvalue weighted by Crippen LogP contribution is -1.49. The van der Waals surface area contributed by atoms with E-state index in [0.29, 0.717) is 0 Å². The molecule has 0 aromatic rings. The van der Waals surface area contributed by atoms with Crippen molar-refractivity contribution in [1.82, 2.24) is 0 Å². The van der Waals surface area contributed by atoms with Crippen molar-refractivity contribution in [2.24, 2.45) is 0 Å². The molecule has 0 amide bonds. The predicted octanol–water partition coefficient (Wildman–Crippen LogP) is 0.712. The fourth-order valence-corrected chi connectivity index (χ4v) is 0. The van der Waals surface area contributed by atoms with Crippen molar-refractivity contribution in [3.8, 4) is 0 Å². The van der Waals surface area contributed by atoms with Gasteiger partial charge in [-0.3, -0.25) is 4.79 Å². The first-order chi connectivity index (χ1) is 2.41. The quantitative estimate of drug-likeness (QED) is 0.398. The third-order valence-electron chi connectivity index (χ3n) is 0. The summed E-state index contributed by atoms with van der Waals surface area (Å²) in [4.78, 5) is 8.36. The van der Waals surface area contributed by atoms with E-state index >= 15 is 0 Å². The van der Waals surface area contributed by atoms with Gasteiger partial charge in [0.05, 0.1) is 0 Å². The van der Waals surface area contributed by atoms with Gasteiger partial charge in [-0.1, -0.05) is 15.9 Å². The van der Waals surface area contributed by atoms with Gasteiger partial charge in [0, 0.05) is 0 Å².